The summed E-state index contributed by atoms with van der Waals surface area (Å²) >= 11 is 0. The number of carbonyl (C=O) groups is 1. The molecule has 3 aromatic carbocycles. The molecule has 36 heavy (non-hydrogen) atoms. The summed E-state index contributed by atoms with van der Waals surface area (Å²) in [4.78, 5) is 13.1. The molecule has 0 aliphatic heterocycles. The highest BCUT2D eigenvalue weighted by Gasteiger charge is 2.28. The Hall–Kier alpha value is -3.36. The van der Waals surface area contributed by atoms with Crippen LogP contribution in [-0.4, -0.2) is 52.5 Å². The molecule has 8 heteroatoms. The lowest BCUT2D eigenvalue weighted by Gasteiger charge is -2.23. The predicted molar refractivity (Wildman–Crippen MR) is 141 cm³/mol. The van der Waals surface area contributed by atoms with Gasteiger partial charge >= 0.3 is 0 Å². The van der Waals surface area contributed by atoms with E-state index in [-0.39, 0.29) is 23.9 Å². The van der Waals surface area contributed by atoms with Gasteiger partial charge in [-0.2, -0.15) is 4.31 Å². The van der Waals surface area contributed by atoms with Crippen molar-refractivity contribution in [3.8, 4) is 11.5 Å². The Balaban J connectivity index is 1.71. The van der Waals surface area contributed by atoms with Crippen molar-refractivity contribution in [3.63, 3.8) is 0 Å². The molecule has 7 nitrogen and oxygen atoms in total. The quantitative estimate of drug-likeness (QED) is 0.399. The van der Waals surface area contributed by atoms with Crippen molar-refractivity contribution in [2.45, 2.75) is 31.6 Å². The predicted octanol–water partition coefficient (Wildman–Crippen LogP) is 3.91. The van der Waals surface area contributed by atoms with Crippen LogP contribution in [0.5, 0.6) is 11.5 Å². The van der Waals surface area contributed by atoms with Crippen LogP contribution in [0.4, 0.5) is 0 Å². The SMILES string of the molecule is COc1ccc(CCNC(=O)CN(CCc2ccccc2)S(=O)(=O)c2cc(C)ccc2C)cc1OC. The maximum absolute atomic E-state index is 13.6. The molecule has 192 valence electrons. The van der Waals surface area contributed by atoms with E-state index < -0.39 is 10.0 Å². The summed E-state index contributed by atoms with van der Waals surface area (Å²) in [6, 6.07) is 20.6. The number of amides is 1. The van der Waals surface area contributed by atoms with Crippen molar-refractivity contribution < 1.29 is 22.7 Å². The minimum Gasteiger partial charge on any atom is -0.493 e. The molecular formula is C28H34N2O5S. The van der Waals surface area contributed by atoms with Crippen LogP contribution >= 0.6 is 0 Å². The van der Waals surface area contributed by atoms with Gasteiger partial charge in [-0.25, -0.2) is 8.42 Å². The highest BCUT2D eigenvalue weighted by molar-refractivity contribution is 7.89. The molecule has 0 spiro atoms. The number of nitrogens with one attached hydrogen (secondary N) is 1. The summed E-state index contributed by atoms with van der Waals surface area (Å²) < 4.78 is 39.1. The van der Waals surface area contributed by atoms with Gasteiger partial charge in [-0.05, 0) is 67.1 Å². The highest BCUT2D eigenvalue weighted by atomic mass is 32.2. The molecule has 0 radical (unpaired) electrons. The second-order valence-corrected chi connectivity index (χ2v) is 10.5. The van der Waals surface area contributed by atoms with Gasteiger partial charge in [0.1, 0.15) is 0 Å². The fourth-order valence-electron chi connectivity index (χ4n) is 3.91. The third-order valence-corrected chi connectivity index (χ3v) is 7.95. The van der Waals surface area contributed by atoms with E-state index in [0.29, 0.717) is 36.4 Å². The van der Waals surface area contributed by atoms with E-state index in [4.69, 9.17) is 9.47 Å². The lowest BCUT2D eigenvalue weighted by molar-refractivity contribution is -0.121. The molecule has 0 fully saturated rings. The molecule has 0 bridgehead atoms. The van der Waals surface area contributed by atoms with E-state index in [1.165, 1.54) is 4.31 Å². The summed E-state index contributed by atoms with van der Waals surface area (Å²) in [5.74, 6) is 0.904. The molecule has 3 rings (SSSR count). The van der Waals surface area contributed by atoms with E-state index in [0.717, 1.165) is 16.7 Å². The van der Waals surface area contributed by atoms with Gasteiger partial charge in [0.15, 0.2) is 11.5 Å². The van der Waals surface area contributed by atoms with Crippen molar-refractivity contribution >= 4 is 15.9 Å². The molecule has 1 N–H and O–H groups in total. The van der Waals surface area contributed by atoms with E-state index in [1.807, 2.05) is 61.5 Å². The summed E-state index contributed by atoms with van der Waals surface area (Å²) in [7, 11) is -0.721. The van der Waals surface area contributed by atoms with Crippen LogP contribution in [0.3, 0.4) is 0 Å². The Morgan fingerprint density at radius 2 is 1.58 bits per heavy atom. The molecule has 0 saturated heterocycles. The van der Waals surface area contributed by atoms with Gasteiger partial charge in [-0.15, -0.1) is 0 Å². The number of hydrogen-bond acceptors (Lipinski definition) is 5. The Labute approximate surface area is 214 Å². The van der Waals surface area contributed by atoms with E-state index in [1.54, 1.807) is 33.3 Å². The van der Waals surface area contributed by atoms with E-state index >= 15 is 0 Å². The largest absolute Gasteiger partial charge is 0.493 e. The zero-order valence-electron chi connectivity index (χ0n) is 21.3. The monoisotopic (exact) mass is 510 g/mol. The molecule has 0 heterocycles. The molecule has 0 aliphatic carbocycles. The minimum atomic E-state index is -3.87. The molecule has 0 atom stereocenters. The summed E-state index contributed by atoms with van der Waals surface area (Å²) in [5, 5.41) is 2.86. The Morgan fingerprint density at radius 3 is 2.28 bits per heavy atom. The number of carbonyl (C=O) groups excluding carboxylic acids is 1. The fourth-order valence-corrected chi connectivity index (χ4v) is 5.61. The van der Waals surface area contributed by atoms with Crippen molar-refractivity contribution in [2.24, 2.45) is 0 Å². The van der Waals surface area contributed by atoms with Gasteiger partial charge in [0.2, 0.25) is 15.9 Å². The van der Waals surface area contributed by atoms with Crippen LogP contribution in [0.1, 0.15) is 22.3 Å². The van der Waals surface area contributed by atoms with Crippen LogP contribution in [0, 0.1) is 13.8 Å². The van der Waals surface area contributed by atoms with Gasteiger partial charge < -0.3 is 14.8 Å². The number of benzene rings is 3. The topological polar surface area (TPSA) is 84.9 Å². The van der Waals surface area contributed by atoms with Crippen molar-refractivity contribution in [1.29, 1.82) is 0 Å². The lowest BCUT2D eigenvalue weighted by atomic mass is 10.1. The first-order chi connectivity index (χ1) is 17.2. The first-order valence-electron chi connectivity index (χ1n) is 11.8. The zero-order valence-corrected chi connectivity index (χ0v) is 22.1. The number of aryl methyl sites for hydroxylation is 2. The average Bonchev–Trinajstić information content (AvgIpc) is 2.88. The van der Waals surface area contributed by atoms with Crippen molar-refractivity contribution in [2.75, 3.05) is 33.9 Å². The van der Waals surface area contributed by atoms with Crippen LogP contribution in [0.15, 0.2) is 71.6 Å². The van der Waals surface area contributed by atoms with Crippen LogP contribution in [0.2, 0.25) is 0 Å². The Kier molecular flexibility index (Phi) is 9.50. The second-order valence-electron chi connectivity index (χ2n) is 8.63. The average molecular weight is 511 g/mol. The molecule has 1 amide bonds. The number of rotatable bonds is 12. The van der Waals surface area contributed by atoms with Crippen LogP contribution < -0.4 is 14.8 Å². The first-order valence-corrected chi connectivity index (χ1v) is 13.3. The highest BCUT2D eigenvalue weighted by Crippen LogP contribution is 2.27. The minimum absolute atomic E-state index is 0.197. The maximum Gasteiger partial charge on any atom is 0.243 e. The molecule has 0 aromatic heterocycles. The van der Waals surface area contributed by atoms with Gasteiger partial charge in [-0.3, -0.25) is 4.79 Å². The number of sulfonamides is 1. The number of ether oxygens (including phenoxy) is 2. The lowest BCUT2D eigenvalue weighted by Crippen LogP contribution is -2.42. The van der Waals surface area contributed by atoms with Crippen LogP contribution in [-0.2, 0) is 27.7 Å². The first kappa shape index (κ1) is 27.2. The third-order valence-electron chi connectivity index (χ3n) is 5.96. The molecule has 0 unspecified atom stereocenters. The van der Waals surface area contributed by atoms with Gasteiger partial charge in [0.25, 0.3) is 0 Å². The third kappa shape index (κ3) is 7.08. The van der Waals surface area contributed by atoms with Crippen molar-refractivity contribution in [1.82, 2.24) is 9.62 Å². The smallest absolute Gasteiger partial charge is 0.243 e. The standard InChI is InChI=1S/C28H34N2O5S/c1-21-10-11-22(2)27(18-21)36(32,33)30(17-15-23-8-6-5-7-9-23)20-28(31)29-16-14-24-12-13-25(34-3)26(19-24)35-4/h5-13,18-19H,14-17,20H2,1-4H3,(H,29,31). The fraction of sp³-hybridized carbons (Fsp3) is 0.321. The van der Waals surface area contributed by atoms with Crippen LogP contribution in [0.25, 0.3) is 0 Å². The molecule has 3 aromatic rings. The molecular weight excluding hydrogens is 476 g/mol. The van der Waals surface area contributed by atoms with E-state index in [9.17, 15) is 13.2 Å². The second kappa shape index (κ2) is 12.6. The number of hydrogen-bond donors (Lipinski definition) is 1. The number of methoxy groups -OCH3 is 2. The van der Waals surface area contributed by atoms with Gasteiger partial charge in [0, 0.05) is 13.1 Å². The maximum atomic E-state index is 13.6. The Morgan fingerprint density at radius 1 is 0.861 bits per heavy atom. The summed E-state index contributed by atoms with van der Waals surface area (Å²) in [6.07, 6.45) is 1.07. The molecule has 0 saturated carbocycles. The van der Waals surface area contributed by atoms with E-state index in [2.05, 4.69) is 5.32 Å². The van der Waals surface area contributed by atoms with Gasteiger partial charge in [0.05, 0.1) is 25.7 Å². The summed E-state index contributed by atoms with van der Waals surface area (Å²) in [5.41, 5.74) is 3.48. The number of nitrogens with zero attached hydrogens (tertiary/aromatic N) is 1. The van der Waals surface area contributed by atoms with Crippen molar-refractivity contribution in [3.05, 3.63) is 89.0 Å². The normalized spacial score (nSPS) is 11.4. The zero-order chi connectivity index (χ0) is 26.1. The molecule has 0 aliphatic rings. The summed E-state index contributed by atoms with van der Waals surface area (Å²) in [6.45, 7) is 3.93. The Bertz CT molecular complexity index is 1280. The van der Waals surface area contributed by atoms with Gasteiger partial charge in [-0.1, -0.05) is 48.5 Å².